The molecule has 0 radical (unpaired) electrons. The van der Waals surface area contributed by atoms with E-state index in [2.05, 4.69) is 4.98 Å². The SMILES string of the molecule is O=P(O)(O)CCc1cc(-c2ccncc2)cc[n+]1CCP(=O)(O)O. The Balaban J connectivity index is 2.32. The fourth-order valence-corrected chi connectivity index (χ4v) is 3.23. The first-order chi connectivity index (χ1) is 11.1. The van der Waals surface area contributed by atoms with E-state index in [4.69, 9.17) is 19.6 Å². The first-order valence-corrected chi connectivity index (χ1v) is 10.8. The van der Waals surface area contributed by atoms with E-state index in [1.54, 1.807) is 35.3 Å². The predicted molar refractivity (Wildman–Crippen MR) is 87.4 cm³/mol. The molecule has 0 saturated carbocycles. The Hall–Kier alpha value is -1.40. The molecule has 0 amide bonds. The van der Waals surface area contributed by atoms with Crippen LogP contribution in [0.15, 0.2) is 42.9 Å². The normalized spacial score (nSPS) is 12.3. The van der Waals surface area contributed by atoms with Crippen molar-refractivity contribution in [1.82, 2.24) is 4.98 Å². The highest BCUT2D eigenvalue weighted by molar-refractivity contribution is 7.52. The third kappa shape index (κ3) is 6.24. The molecule has 2 aromatic rings. The van der Waals surface area contributed by atoms with Crippen molar-refractivity contribution in [2.45, 2.75) is 13.0 Å². The monoisotopic (exact) mass is 373 g/mol. The number of hydrogen-bond donors (Lipinski definition) is 4. The number of aryl methyl sites for hydroxylation is 2. The minimum absolute atomic E-state index is 0.0669. The summed E-state index contributed by atoms with van der Waals surface area (Å²) in [5.41, 5.74) is 2.33. The summed E-state index contributed by atoms with van der Waals surface area (Å²) in [6.07, 6.45) is 4.38. The van der Waals surface area contributed by atoms with Gasteiger partial charge in [-0.3, -0.25) is 14.1 Å². The number of hydrogen-bond acceptors (Lipinski definition) is 3. The molecule has 0 unspecified atom stereocenters. The lowest BCUT2D eigenvalue weighted by atomic mass is 10.1. The molecule has 0 aliphatic carbocycles. The van der Waals surface area contributed by atoms with E-state index in [-0.39, 0.29) is 25.3 Å². The fourth-order valence-electron chi connectivity index (χ4n) is 2.23. The van der Waals surface area contributed by atoms with E-state index in [0.29, 0.717) is 5.69 Å². The van der Waals surface area contributed by atoms with Crippen LogP contribution in [0.5, 0.6) is 0 Å². The zero-order valence-electron chi connectivity index (χ0n) is 12.8. The number of pyridine rings is 2. The summed E-state index contributed by atoms with van der Waals surface area (Å²) in [7, 11) is -8.32. The second kappa shape index (κ2) is 7.66. The number of rotatable bonds is 7. The maximum atomic E-state index is 11.1. The van der Waals surface area contributed by atoms with Crippen molar-refractivity contribution in [3.05, 3.63) is 48.5 Å². The van der Waals surface area contributed by atoms with Crippen LogP contribution in [0.1, 0.15) is 5.69 Å². The van der Waals surface area contributed by atoms with Crippen LogP contribution in [-0.2, 0) is 22.1 Å². The minimum Gasteiger partial charge on any atom is -0.324 e. The first kappa shape index (κ1) is 18.9. The lowest BCUT2D eigenvalue weighted by Gasteiger charge is -2.09. The Morgan fingerprint density at radius 3 is 2.12 bits per heavy atom. The molecule has 0 atom stereocenters. The van der Waals surface area contributed by atoms with Crippen LogP contribution >= 0.6 is 15.2 Å². The highest BCUT2D eigenvalue weighted by Gasteiger charge is 2.22. The second-order valence-corrected chi connectivity index (χ2v) is 8.92. The van der Waals surface area contributed by atoms with Gasteiger partial charge in [-0.2, -0.15) is 0 Å². The fraction of sp³-hybridized carbons (Fsp3) is 0.286. The van der Waals surface area contributed by atoms with Crippen molar-refractivity contribution in [2.75, 3.05) is 12.3 Å². The predicted octanol–water partition coefficient (Wildman–Crippen LogP) is 0.934. The molecule has 0 bridgehead atoms. The average Bonchev–Trinajstić information content (AvgIpc) is 2.50. The van der Waals surface area contributed by atoms with Crippen LogP contribution in [0, 0.1) is 0 Å². The molecule has 0 aliphatic rings. The lowest BCUT2D eigenvalue weighted by molar-refractivity contribution is -0.699. The van der Waals surface area contributed by atoms with Crippen molar-refractivity contribution in [1.29, 1.82) is 0 Å². The highest BCUT2D eigenvalue weighted by Crippen LogP contribution is 2.35. The van der Waals surface area contributed by atoms with Crippen LogP contribution in [0.3, 0.4) is 0 Å². The van der Waals surface area contributed by atoms with Gasteiger partial charge in [0.05, 0.1) is 6.16 Å². The van der Waals surface area contributed by atoms with Gasteiger partial charge in [0.2, 0.25) is 0 Å². The molecular formula is C14H19N2O6P2+. The minimum atomic E-state index is -4.17. The van der Waals surface area contributed by atoms with Crippen LogP contribution in [-0.4, -0.2) is 36.9 Å². The molecule has 0 spiro atoms. The van der Waals surface area contributed by atoms with Gasteiger partial charge in [0.15, 0.2) is 18.4 Å². The maximum absolute atomic E-state index is 11.1. The molecule has 2 aromatic heterocycles. The molecule has 0 fully saturated rings. The summed E-state index contributed by atoms with van der Waals surface area (Å²) in [4.78, 5) is 40.2. The maximum Gasteiger partial charge on any atom is 0.331 e. The second-order valence-electron chi connectivity index (χ2n) is 5.36. The summed E-state index contributed by atoms with van der Waals surface area (Å²) in [6, 6.07) is 7.17. The Labute approximate surface area is 139 Å². The number of nitrogens with zero attached hydrogens (tertiary/aromatic N) is 2. The molecule has 8 nitrogen and oxygen atoms in total. The Bertz CT molecular complexity index is 787. The Morgan fingerprint density at radius 2 is 1.54 bits per heavy atom. The largest absolute Gasteiger partial charge is 0.331 e. The van der Waals surface area contributed by atoms with E-state index < -0.39 is 15.2 Å². The van der Waals surface area contributed by atoms with Gasteiger partial charge in [-0.05, 0) is 23.3 Å². The standard InChI is InChI=1S/C14H18N2O6P2/c17-23(18,19)9-4-14-11-13(12-1-5-15-6-2-12)3-7-16(14)8-10-24(20,21)22/h1-3,5-7,11H,4,8-10H2,(H3-,17,18,19,20,21,22)/p+1. The van der Waals surface area contributed by atoms with Crippen molar-refractivity contribution in [3.8, 4) is 11.1 Å². The van der Waals surface area contributed by atoms with Gasteiger partial charge in [0.1, 0.15) is 6.16 Å². The molecule has 10 heteroatoms. The van der Waals surface area contributed by atoms with E-state index >= 15 is 0 Å². The molecule has 2 rings (SSSR count). The molecular weight excluding hydrogens is 354 g/mol. The van der Waals surface area contributed by atoms with Crippen LogP contribution in [0.25, 0.3) is 11.1 Å². The van der Waals surface area contributed by atoms with Crippen molar-refractivity contribution >= 4 is 15.2 Å². The smallest absolute Gasteiger partial charge is 0.324 e. The third-order valence-electron chi connectivity index (χ3n) is 3.43. The zero-order chi connectivity index (χ0) is 17.8. The van der Waals surface area contributed by atoms with E-state index in [1.165, 1.54) is 0 Å². The van der Waals surface area contributed by atoms with Crippen LogP contribution < -0.4 is 4.57 Å². The molecule has 4 N–H and O–H groups in total. The van der Waals surface area contributed by atoms with Gasteiger partial charge < -0.3 is 19.6 Å². The number of aromatic nitrogens is 2. The van der Waals surface area contributed by atoms with E-state index in [9.17, 15) is 9.13 Å². The summed E-state index contributed by atoms with van der Waals surface area (Å²) in [5.74, 6) is 0. The Kier molecular flexibility index (Phi) is 6.04. The van der Waals surface area contributed by atoms with Gasteiger partial charge in [-0.25, -0.2) is 4.57 Å². The summed E-state index contributed by atoms with van der Waals surface area (Å²) in [5, 5.41) is 0. The van der Waals surface area contributed by atoms with Crippen molar-refractivity contribution in [3.63, 3.8) is 0 Å². The van der Waals surface area contributed by atoms with Gasteiger partial charge in [0.25, 0.3) is 0 Å². The molecule has 0 aromatic carbocycles. The molecule has 130 valence electrons. The molecule has 2 heterocycles. The summed E-state index contributed by atoms with van der Waals surface area (Å²) in [6.45, 7) is 0.0669. The van der Waals surface area contributed by atoms with Crippen LogP contribution in [0.2, 0.25) is 0 Å². The summed E-state index contributed by atoms with van der Waals surface area (Å²) >= 11 is 0. The molecule has 24 heavy (non-hydrogen) atoms. The zero-order valence-corrected chi connectivity index (χ0v) is 14.6. The average molecular weight is 373 g/mol. The molecule has 0 aliphatic heterocycles. The lowest BCUT2D eigenvalue weighted by Crippen LogP contribution is -2.40. The van der Waals surface area contributed by atoms with E-state index in [0.717, 1.165) is 11.1 Å². The van der Waals surface area contributed by atoms with Gasteiger partial charge in [0, 0.05) is 30.9 Å². The van der Waals surface area contributed by atoms with Crippen LogP contribution in [0.4, 0.5) is 0 Å². The quantitative estimate of drug-likeness (QED) is 0.419. The Morgan fingerprint density at radius 1 is 0.917 bits per heavy atom. The third-order valence-corrected chi connectivity index (χ3v) is 5.02. The van der Waals surface area contributed by atoms with Crippen molar-refractivity contribution in [2.24, 2.45) is 0 Å². The van der Waals surface area contributed by atoms with Gasteiger partial charge >= 0.3 is 15.2 Å². The summed E-state index contributed by atoms with van der Waals surface area (Å²) < 4.78 is 23.8. The van der Waals surface area contributed by atoms with Gasteiger partial charge in [-0.1, -0.05) is 0 Å². The van der Waals surface area contributed by atoms with E-state index in [1.807, 2.05) is 12.1 Å². The first-order valence-electron chi connectivity index (χ1n) is 7.16. The molecule has 0 saturated heterocycles. The highest BCUT2D eigenvalue weighted by atomic mass is 31.2. The topological polar surface area (TPSA) is 132 Å². The van der Waals surface area contributed by atoms with Gasteiger partial charge in [-0.15, -0.1) is 0 Å². The van der Waals surface area contributed by atoms with Crippen molar-refractivity contribution < 1.29 is 33.3 Å².